The third kappa shape index (κ3) is 2.15. The molecule has 0 aliphatic heterocycles. The van der Waals surface area contributed by atoms with Crippen LogP contribution < -0.4 is 11.5 Å². The number of hydrogen-bond donors (Lipinski definition) is 2. The molecular weight excluding hydrogens is 268 g/mol. The summed E-state index contributed by atoms with van der Waals surface area (Å²) in [6, 6.07) is 5.92. The zero-order valence-corrected chi connectivity index (χ0v) is 10.4. The van der Waals surface area contributed by atoms with E-state index >= 15 is 0 Å². The monoisotopic (exact) mass is 280 g/mol. The van der Waals surface area contributed by atoms with Gasteiger partial charge in [0.05, 0.1) is 11.2 Å². The maximum Gasteiger partial charge on any atom is 0.220 e. The molecule has 0 fully saturated rings. The first-order valence-electron chi connectivity index (χ1n) is 5.13. The number of halogens is 1. The van der Waals surface area contributed by atoms with Crippen molar-refractivity contribution in [3.8, 4) is 0 Å². The molecule has 16 heavy (non-hydrogen) atoms. The first-order chi connectivity index (χ1) is 7.72. The van der Waals surface area contributed by atoms with E-state index in [9.17, 15) is 0 Å². The Hall–Kier alpha value is -1.20. The summed E-state index contributed by atoms with van der Waals surface area (Å²) in [5.41, 5.74) is 13.0. The molecular formula is C11H13BrN4. The van der Waals surface area contributed by atoms with E-state index in [4.69, 9.17) is 11.5 Å². The number of rotatable bonds is 3. The first kappa shape index (κ1) is 11.3. The molecule has 84 valence electrons. The number of aryl methyl sites for hydroxylation is 1. The predicted molar refractivity (Wildman–Crippen MR) is 69.0 cm³/mol. The number of benzene rings is 1. The number of aromatic nitrogens is 2. The molecule has 0 saturated carbocycles. The van der Waals surface area contributed by atoms with Crippen LogP contribution in [0.15, 0.2) is 22.7 Å². The van der Waals surface area contributed by atoms with E-state index in [1.54, 1.807) is 0 Å². The molecule has 4 nitrogen and oxygen atoms in total. The predicted octanol–water partition coefficient (Wildman–Crippen LogP) is 1.87. The van der Waals surface area contributed by atoms with E-state index in [2.05, 4.69) is 25.9 Å². The van der Waals surface area contributed by atoms with Crippen molar-refractivity contribution in [2.75, 3.05) is 12.3 Å². The van der Waals surface area contributed by atoms with E-state index < -0.39 is 0 Å². The largest absolute Gasteiger partial charge is 0.368 e. The molecule has 5 heteroatoms. The summed E-state index contributed by atoms with van der Waals surface area (Å²) < 4.78 is 0.938. The SMILES string of the molecule is NCCCc1nc(N)nc2c(Br)cccc12. The number of anilines is 1. The lowest BCUT2D eigenvalue weighted by Gasteiger charge is -2.07. The van der Waals surface area contributed by atoms with Crippen LogP contribution >= 0.6 is 15.9 Å². The van der Waals surface area contributed by atoms with Gasteiger partial charge in [0.15, 0.2) is 0 Å². The summed E-state index contributed by atoms with van der Waals surface area (Å²) in [4.78, 5) is 8.50. The van der Waals surface area contributed by atoms with Gasteiger partial charge in [0, 0.05) is 9.86 Å². The third-order valence-corrected chi connectivity index (χ3v) is 3.03. The molecule has 2 rings (SSSR count). The summed E-state index contributed by atoms with van der Waals surface area (Å²) in [5.74, 6) is 0.312. The van der Waals surface area contributed by atoms with Gasteiger partial charge >= 0.3 is 0 Å². The lowest BCUT2D eigenvalue weighted by atomic mass is 10.1. The maximum absolute atomic E-state index is 5.69. The molecule has 0 aliphatic carbocycles. The smallest absolute Gasteiger partial charge is 0.220 e. The van der Waals surface area contributed by atoms with Gasteiger partial charge in [0.1, 0.15) is 0 Å². The number of fused-ring (bicyclic) bond motifs is 1. The second-order valence-electron chi connectivity index (χ2n) is 3.56. The highest BCUT2D eigenvalue weighted by atomic mass is 79.9. The van der Waals surface area contributed by atoms with Crippen LogP contribution in [0.3, 0.4) is 0 Å². The van der Waals surface area contributed by atoms with Crippen molar-refractivity contribution in [1.29, 1.82) is 0 Å². The van der Waals surface area contributed by atoms with Gasteiger partial charge in [-0.05, 0) is 41.4 Å². The molecule has 0 amide bonds. The van der Waals surface area contributed by atoms with Crippen LogP contribution in [0.1, 0.15) is 12.1 Å². The van der Waals surface area contributed by atoms with E-state index in [1.807, 2.05) is 18.2 Å². The van der Waals surface area contributed by atoms with Crippen molar-refractivity contribution in [3.05, 3.63) is 28.4 Å². The number of para-hydroxylation sites is 1. The molecule has 1 aromatic heterocycles. The van der Waals surface area contributed by atoms with E-state index in [0.717, 1.165) is 33.9 Å². The fourth-order valence-electron chi connectivity index (χ4n) is 1.66. The lowest BCUT2D eigenvalue weighted by molar-refractivity contribution is 0.815. The van der Waals surface area contributed by atoms with Crippen LogP contribution in [0.2, 0.25) is 0 Å². The van der Waals surface area contributed by atoms with Crippen molar-refractivity contribution < 1.29 is 0 Å². The van der Waals surface area contributed by atoms with Crippen LogP contribution in [0.25, 0.3) is 10.9 Å². The lowest BCUT2D eigenvalue weighted by Crippen LogP contribution is -2.05. The van der Waals surface area contributed by atoms with Gasteiger partial charge < -0.3 is 11.5 Å². The summed E-state index contributed by atoms with van der Waals surface area (Å²) in [5, 5.41) is 1.04. The van der Waals surface area contributed by atoms with Crippen LogP contribution in [0, 0.1) is 0 Å². The quantitative estimate of drug-likeness (QED) is 0.900. The highest BCUT2D eigenvalue weighted by Crippen LogP contribution is 2.25. The van der Waals surface area contributed by atoms with Crippen molar-refractivity contribution >= 4 is 32.8 Å². The molecule has 0 aliphatic rings. The van der Waals surface area contributed by atoms with Crippen LogP contribution in [-0.2, 0) is 6.42 Å². The summed E-state index contributed by atoms with van der Waals surface area (Å²) in [6.45, 7) is 0.652. The van der Waals surface area contributed by atoms with Crippen molar-refractivity contribution in [3.63, 3.8) is 0 Å². The first-order valence-corrected chi connectivity index (χ1v) is 5.92. The van der Waals surface area contributed by atoms with Gasteiger partial charge in [-0.15, -0.1) is 0 Å². The van der Waals surface area contributed by atoms with Gasteiger partial charge in [0.2, 0.25) is 5.95 Å². The minimum Gasteiger partial charge on any atom is -0.368 e. The molecule has 1 heterocycles. The zero-order valence-electron chi connectivity index (χ0n) is 8.78. The topological polar surface area (TPSA) is 77.8 Å². The highest BCUT2D eigenvalue weighted by molar-refractivity contribution is 9.10. The third-order valence-electron chi connectivity index (χ3n) is 2.39. The molecule has 0 bridgehead atoms. The Morgan fingerprint density at radius 3 is 2.81 bits per heavy atom. The fourth-order valence-corrected chi connectivity index (χ4v) is 2.11. The van der Waals surface area contributed by atoms with Crippen LogP contribution in [0.5, 0.6) is 0 Å². The van der Waals surface area contributed by atoms with Gasteiger partial charge in [-0.3, -0.25) is 0 Å². The Kier molecular flexibility index (Phi) is 3.36. The maximum atomic E-state index is 5.69. The Labute approximate surface area is 102 Å². The number of hydrogen-bond acceptors (Lipinski definition) is 4. The van der Waals surface area contributed by atoms with E-state index in [1.165, 1.54) is 0 Å². The molecule has 0 radical (unpaired) electrons. The van der Waals surface area contributed by atoms with Gasteiger partial charge in [0.25, 0.3) is 0 Å². The Morgan fingerprint density at radius 2 is 2.06 bits per heavy atom. The second kappa shape index (κ2) is 4.76. The standard InChI is InChI=1S/C11H13BrN4/c12-8-4-1-3-7-9(5-2-6-13)15-11(14)16-10(7)8/h1,3-4H,2,5-6,13H2,(H2,14,15,16). The highest BCUT2D eigenvalue weighted by Gasteiger charge is 2.07. The number of nitrogen functional groups attached to an aromatic ring is 1. The average molecular weight is 281 g/mol. The van der Waals surface area contributed by atoms with Crippen LogP contribution in [-0.4, -0.2) is 16.5 Å². The normalized spacial score (nSPS) is 10.9. The average Bonchev–Trinajstić information content (AvgIpc) is 2.27. The Morgan fingerprint density at radius 1 is 1.25 bits per heavy atom. The molecule has 4 N–H and O–H groups in total. The zero-order chi connectivity index (χ0) is 11.5. The molecule has 0 saturated heterocycles. The molecule has 2 aromatic rings. The molecule has 0 unspecified atom stereocenters. The molecule has 0 spiro atoms. The Balaban J connectivity index is 2.59. The van der Waals surface area contributed by atoms with Gasteiger partial charge in [-0.2, -0.15) is 0 Å². The fraction of sp³-hybridized carbons (Fsp3) is 0.273. The van der Waals surface area contributed by atoms with Crippen molar-refractivity contribution in [2.45, 2.75) is 12.8 Å². The second-order valence-corrected chi connectivity index (χ2v) is 4.41. The van der Waals surface area contributed by atoms with Crippen molar-refractivity contribution in [2.24, 2.45) is 5.73 Å². The van der Waals surface area contributed by atoms with Gasteiger partial charge in [-0.1, -0.05) is 12.1 Å². The number of nitrogens with zero attached hydrogens (tertiary/aromatic N) is 2. The number of nitrogens with two attached hydrogens (primary N) is 2. The summed E-state index contributed by atoms with van der Waals surface area (Å²) in [6.07, 6.45) is 1.73. The minimum atomic E-state index is 0.312. The Bertz CT molecular complexity index is 513. The summed E-state index contributed by atoms with van der Waals surface area (Å²) in [7, 11) is 0. The van der Waals surface area contributed by atoms with Gasteiger partial charge in [-0.25, -0.2) is 9.97 Å². The van der Waals surface area contributed by atoms with Crippen molar-refractivity contribution in [1.82, 2.24) is 9.97 Å². The minimum absolute atomic E-state index is 0.312. The molecule has 1 aromatic carbocycles. The van der Waals surface area contributed by atoms with E-state index in [-0.39, 0.29) is 0 Å². The summed E-state index contributed by atoms with van der Waals surface area (Å²) >= 11 is 3.46. The molecule has 0 atom stereocenters. The van der Waals surface area contributed by atoms with E-state index in [0.29, 0.717) is 12.5 Å². The van der Waals surface area contributed by atoms with Crippen LogP contribution in [0.4, 0.5) is 5.95 Å².